The molecule has 29 heavy (non-hydrogen) atoms. The van der Waals surface area contributed by atoms with Crippen molar-refractivity contribution < 1.29 is 9.53 Å². The number of nitrogens with one attached hydrogen (secondary N) is 1. The van der Waals surface area contributed by atoms with Crippen molar-refractivity contribution in [2.75, 3.05) is 12.4 Å². The monoisotopic (exact) mass is 425 g/mol. The molecule has 1 heterocycles. The number of rotatable bonds is 5. The molecule has 0 aliphatic carbocycles. The zero-order valence-electron chi connectivity index (χ0n) is 15.7. The van der Waals surface area contributed by atoms with Gasteiger partial charge in [-0.3, -0.25) is 10.1 Å². The van der Waals surface area contributed by atoms with Gasteiger partial charge in [-0.25, -0.2) is 4.98 Å². The Morgan fingerprint density at radius 3 is 2.41 bits per heavy atom. The molecule has 0 aliphatic heterocycles. The minimum atomic E-state index is -0.224. The van der Waals surface area contributed by atoms with Crippen LogP contribution in [0, 0.1) is 0 Å². The van der Waals surface area contributed by atoms with E-state index in [1.54, 1.807) is 19.2 Å². The second kappa shape index (κ2) is 9.05. The fourth-order valence-corrected chi connectivity index (χ4v) is 3.84. The molecule has 4 rings (SSSR count). The van der Waals surface area contributed by atoms with Crippen LogP contribution >= 0.6 is 23.7 Å². The number of carbonyl (C=O) groups excluding carboxylic acids is 1. The third-order valence-electron chi connectivity index (χ3n) is 4.51. The number of amides is 1. The first-order chi connectivity index (χ1) is 13.6. The minimum absolute atomic E-state index is 0. The van der Waals surface area contributed by atoms with E-state index in [2.05, 4.69) is 10.3 Å². The summed E-state index contributed by atoms with van der Waals surface area (Å²) in [5.41, 5.74) is 9.68. The van der Waals surface area contributed by atoms with Crippen LogP contribution in [0.15, 0.2) is 72.8 Å². The minimum Gasteiger partial charge on any atom is -0.497 e. The number of thiazole rings is 1. The molecule has 7 heteroatoms. The van der Waals surface area contributed by atoms with Gasteiger partial charge in [0, 0.05) is 5.56 Å². The molecule has 5 nitrogen and oxygen atoms in total. The molecule has 0 saturated heterocycles. The highest BCUT2D eigenvalue weighted by atomic mass is 35.5. The Kier molecular flexibility index (Phi) is 6.49. The van der Waals surface area contributed by atoms with Crippen molar-refractivity contribution in [1.82, 2.24) is 4.98 Å². The molecule has 0 saturated carbocycles. The number of benzene rings is 3. The summed E-state index contributed by atoms with van der Waals surface area (Å²) in [5, 5.41) is 3.42. The van der Waals surface area contributed by atoms with Crippen LogP contribution in [0.4, 0.5) is 5.13 Å². The number of nitrogens with zero attached hydrogens (tertiary/aromatic N) is 1. The van der Waals surface area contributed by atoms with Crippen LogP contribution in [0.3, 0.4) is 0 Å². The van der Waals surface area contributed by atoms with Crippen LogP contribution in [0.2, 0.25) is 0 Å². The highest BCUT2D eigenvalue weighted by Crippen LogP contribution is 2.29. The predicted molar refractivity (Wildman–Crippen MR) is 120 cm³/mol. The topological polar surface area (TPSA) is 77.2 Å². The predicted octanol–water partition coefficient (Wildman–Crippen LogP) is 5.03. The van der Waals surface area contributed by atoms with Crippen LogP contribution in [-0.2, 0) is 0 Å². The Labute approximate surface area is 179 Å². The van der Waals surface area contributed by atoms with Gasteiger partial charge in [-0.2, -0.15) is 0 Å². The van der Waals surface area contributed by atoms with Gasteiger partial charge < -0.3 is 10.5 Å². The second-order valence-corrected chi connectivity index (χ2v) is 7.35. The SMILES string of the molecule is COc1ccc2nc(NC(=O)c3ccc(C(N)c4ccccc4)cc3)sc2c1.Cl. The molecule has 1 unspecified atom stereocenters. The molecule has 148 valence electrons. The Morgan fingerprint density at radius 1 is 1.03 bits per heavy atom. The molecular weight excluding hydrogens is 406 g/mol. The van der Waals surface area contributed by atoms with Crippen molar-refractivity contribution in [1.29, 1.82) is 0 Å². The lowest BCUT2D eigenvalue weighted by Crippen LogP contribution is -2.14. The smallest absolute Gasteiger partial charge is 0.257 e. The highest BCUT2D eigenvalue weighted by molar-refractivity contribution is 7.22. The fraction of sp³-hybridized carbons (Fsp3) is 0.0909. The van der Waals surface area contributed by atoms with Gasteiger partial charge >= 0.3 is 0 Å². The number of ether oxygens (including phenoxy) is 1. The normalized spacial score (nSPS) is 11.5. The van der Waals surface area contributed by atoms with Gasteiger partial charge in [0.15, 0.2) is 5.13 Å². The summed E-state index contributed by atoms with van der Waals surface area (Å²) in [4.78, 5) is 17.0. The molecule has 1 aromatic heterocycles. The van der Waals surface area contributed by atoms with Crippen LogP contribution in [-0.4, -0.2) is 18.0 Å². The van der Waals surface area contributed by atoms with Gasteiger partial charge in [0.1, 0.15) is 5.75 Å². The maximum atomic E-state index is 12.6. The molecule has 0 spiro atoms. The van der Waals surface area contributed by atoms with Crippen molar-refractivity contribution in [3.05, 3.63) is 89.5 Å². The number of aromatic nitrogens is 1. The van der Waals surface area contributed by atoms with E-state index >= 15 is 0 Å². The van der Waals surface area contributed by atoms with Crippen molar-refractivity contribution in [2.45, 2.75) is 6.04 Å². The summed E-state index contributed by atoms with van der Waals surface area (Å²) in [6, 6.07) is 22.6. The van der Waals surface area contributed by atoms with Gasteiger partial charge in [0.05, 0.1) is 23.4 Å². The average Bonchev–Trinajstić information content (AvgIpc) is 3.15. The molecule has 1 amide bonds. The molecular formula is C22H20ClN3O2S. The van der Waals surface area contributed by atoms with Gasteiger partial charge in [0.25, 0.3) is 5.91 Å². The number of hydrogen-bond acceptors (Lipinski definition) is 5. The number of nitrogens with two attached hydrogens (primary N) is 1. The van der Waals surface area contributed by atoms with E-state index in [-0.39, 0.29) is 24.4 Å². The van der Waals surface area contributed by atoms with E-state index < -0.39 is 0 Å². The molecule has 3 aromatic carbocycles. The maximum Gasteiger partial charge on any atom is 0.257 e. The summed E-state index contributed by atoms with van der Waals surface area (Å²) in [6.07, 6.45) is 0. The molecule has 0 fully saturated rings. The van der Waals surface area contributed by atoms with Crippen molar-refractivity contribution >= 4 is 45.0 Å². The third kappa shape index (κ3) is 4.56. The zero-order valence-corrected chi connectivity index (χ0v) is 17.3. The number of methoxy groups -OCH3 is 1. The first kappa shape index (κ1) is 20.8. The highest BCUT2D eigenvalue weighted by Gasteiger charge is 2.13. The Bertz CT molecular complexity index is 1110. The summed E-state index contributed by atoms with van der Waals surface area (Å²) in [6.45, 7) is 0. The second-order valence-electron chi connectivity index (χ2n) is 6.32. The number of halogens is 1. The molecule has 1 atom stereocenters. The van der Waals surface area contributed by atoms with Crippen LogP contribution < -0.4 is 15.8 Å². The van der Waals surface area contributed by atoms with Crippen LogP contribution in [0.1, 0.15) is 27.5 Å². The van der Waals surface area contributed by atoms with E-state index in [0.717, 1.165) is 27.1 Å². The van der Waals surface area contributed by atoms with Crippen LogP contribution in [0.5, 0.6) is 5.75 Å². The van der Waals surface area contributed by atoms with Crippen molar-refractivity contribution in [3.8, 4) is 5.75 Å². The van der Waals surface area contributed by atoms with Gasteiger partial charge in [-0.15, -0.1) is 12.4 Å². The van der Waals surface area contributed by atoms with Gasteiger partial charge in [-0.1, -0.05) is 53.8 Å². The Morgan fingerprint density at radius 2 is 1.72 bits per heavy atom. The van der Waals surface area contributed by atoms with Gasteiger partial charge in [-0.05, 0) is 41.5 Å². The summed E-state index contributed by atoms with van der Waals surface area (Å²) >= 11 is 1.41. The molecule has 4 aromatic rings. The quantitative estimate of drug-likeness (QED) is 0.470. The number of fused-ring (bicyclic) bond motifs is 1. The lowest BCUT2D eigenvalue weighted by molar-refractivity contribution is 0.102. The third-order valence-corrected chi connectivity index (χ3v) is 5.44. The van der Waals surface area contributed by atoms with E-state index in [1.165, 1.54) is 11.3 Å². The zero-order chi connectivity index (χ0) is 19.5. The van der Waals surface area contributed by atoms with E-state index in [1.807, 2.05) is 60.7 Å². The maximum absolute atomic E-state index is 12.6. The Balaban J connectivity index is 0.00000240. The van der Waals surface area contributed by atoms with E-state index in [0.29, 0.717) is 10.7 Å². The first-order valence-corrected chi connectivity index (χ1v) is 9.62. The number of anilines is 1. The van der Waals surface area contributed by atoms with Crippen molar-refractivity contribution in [2.24, 2.45) is 5.73 Å². The molecule has 0 bridgehead atoms. The first-order valence-electron chi connectivity index (χ1n) is 8.80. The average molecular weight is 426 g/mol. The molecule has 0 radical (unpaired) electrons. The van der Waals surface area contributed by atoms with Crippen LogP contribution in [0.25, 0.3) is 10.2 Å². The number of carbonyl (C=O) groups is 1. The van der Waals surface area contributed by atoms with E-state index in [4.69, 9.17) is 10.5 Å². The van der Waals surface area contributed by atoms with Crippen molar-refractivity contribution in [3.63, 3.8) is 0 Å². The van der Waals surface area contributed by atoms with E-state index in [9.17, 15) is 4.79 Å². The number of hydrogen-bond donors (Lipinski definition) is 2. The lowest BCUT2D eigenvalue weighted by atomic mass is 9.98. The van der Waals surface area contributed by atoms with Gasteiger partial charge in [0.2, 0.25) is 0 Å². The largest absolute Gasteiger partial charge is 0.497 e. The molecule has 3 N–H and O–H groups in total. The Hall–Kier alpha value is -2.93. The lowest BCUT2D eigenvalue weighted by Gasteiger charge is -2.13. The standard InChI is InChI=1S/C22H19N3O2S.ClH/c1-27-17-11-12-18-19(13-17)28-22(24-18)25-21(26)16-9-7-15(8-10-16)20(23)14-5-3-2-4-6-14;/h2-13,20H,23H2,1H3,(H,24,25,26);1H. The molecule has 0 aliphatic rings. The fourth-order valence-electron chi connectivity index (χ4n) is 2.95. The summed E-state index contributed by atoms with van der Waals surface area (Å²) in [5.74, 6) is 0.560. The summed E-state index contributed by atoms with van der Waals surface area (Å²) < 4.78 is 6.18. The summed E-state index contributed by atoms with van der Waals surface area (Å²) in [7, 11) is 1.62.